The summed E-state index contributed by atoms with van der Waals surface area (Å²) in [5, 5.41) is 7.35. The molecule has 0 amide bonds. The maximum Gasteiger partial charge on any atom is 0.0948 e. The highest BCUT2D eigenvalue weighted by atomic mass is 35.5. The fraction of sp³-hybridized carbons (Fsp3) is 0.909. The van der Waals surface area contributed by atoms with Gasteiger partial charge in [-0.05, 0) is 62.8 Å². The molecule has 25 heavy (non-hydrogen) atoms. The molecular formula is C22H38ClN2+. The number of quaternary nitrogens is 1. The molecular weight excluding hydrogens is 328 g/mol. The van der Waals surface area contributed by atoms with E-state index >= 15 is 0 Å². The number of nitrogens with one attached hydrogen (secondary N) is 1. The van der Waals surface area contributed by atoms with Crippen molar-refractivity contribution in [1.82, 2.24) is 5.32 Å². The number of hydrogen-bond acceptors (Lipinski definition) is 1. The van der Waals surface area contributed by atoms with Crippen molar-refractivity contribution in [1.29, 1.82) is 0 Å². The summed E-state index contributed by atoms with van der Waals surface area (Å²) >= 11 is 6.31. The lowest BCUT2D eigenvalue weighted by atomic mass is 9.64. The average Bonchev–Trinajstić information content (AvgIpc) is 2.59. The molecule has 0 aromatic heterocycles. The molecule has 5 atom stereocenters. The van der Waals surface area contributed by atoms with E-state index in [1.54, 1.807) is 0 Å². The molecule has 4 aliphatic rings. The van der Waals surface area contributed by atoms with E-state index in [1.807, 2.05) is 0 Å². The Kier molecular flexibility index (Phi) is 5.51. The Bertz CT molecular complexity index is 480. The first-order valence-electron chi connectivity index (χ1n) is 10.9. The minimum absolute atomic E-state index is 0.377. The monoisotopic (exact) mass is 365 g/mol. The summed E-state index contributed by atoms with van der Waals surface area (Å²) < 4.78 is 0. The van der Waals surface area contributed by atoms with Gasteiger partial charge in [0.15, 0.2) is 0 Å². The van der Waals surface area contributed by atoms with Crippen LogP contribution in [0.5, 0.6) is 0 Å². The molecule has 3 N–H and O–H groups in total. The predicted octanol–water partition coefficient (Wildman–Crippen LogP) is 3.85. The van der Waals surface area contributed by atoms with Crippen LogP contribution in [-0.4, -0.2) is 30.0 Å². The van der Waals surface area contributed by atoms with Crippen molar-refractivity contribution >= 4 is 11.6 Å². The molecule has 0 aromatic rings. The number of piperidine rings is 1. The Morgan fingerprint density at radius 2 is 1.80 bits per heavy atom. The van der Waals surface area contributed by atoms with Gasteiger partial charge < -0.3 is 10.6 Å². The first-order chi connectivity index (χ1) is 12.0. The second-order valence-electron chi connectivity index (χ2n) is 10.1. The van der Waals surface area contributed by atoms with Gasteiger partial charge in [0, 0.05) is 29.7 Å². The van der Waals surface area contributed by atoms with Crippen molar-refractivity contribution in [2.75, 3.05) is 6.54 Å². The number of nitrogens with two attached hydrogens (primary N) is 1. The predicted molar refractivity (Wildman–Crippen MR) is 106 cm³/mol. The Labute approximate surface area is 159 Å². The van der Waals surface area contributed by atoms with Gasteiger partial charge in [-0.15, -0.1) is 11.6 Å². The molecule has 3 fully saturated rings. The van der Waals surface area contributed by atoms with E-state index in [-0.39, 0.29) is 0 Å². The van der Waals surface area contributed by atoms with E-state index in [1.165, 1.54) is 64.3 Å². The second-order valence-corrected chi connectivity index (χ2v) is 10.8. The van der Waals surface area contributed by atoms with E-state index < -0.39 is 0 Å². The van der Waals surface area contributed by atoms with E-state index in [0.717, 1.165) is 29.8 Å². The van der Waals surface area contributed by atoms with Gasteiger partial charge in [0.2, 0.25) is 0 Å². The zero-order valence-electron chi connectivity index (χ0n) is 16.2. The number of alkyl halides is 1. The lowest BCUT2D eigenvalue weighted by Gasteiger charge is -2.50. The van der Waals surface area contributed by atoms with Crippen molar-refractivity contribution < 1.29 is 5.32 Å². The first-order valence-corrected chi connectivity index (χ1v) is 11.4. The molecule has 4 rings (SSSR count). The van der Waals surface area contributed by atoms with Gasteiger partial charge in [-0.2, -0.15) is 0 Å². The second kappa shape index (κ2) is 7.52. The van der Waals surface area contributed by atoms with Gasteiger partial charge in [0.05, 0.1) is 12.1 Å². The third kappa shape index (κ3) is 4.12. The zero-order valence-corrected chi connectivity index (χ0v) is 17.0. The molecule has 5 unspecified atom stereocenters. The van der Waals surface area contributed by atoms with Crippen molar-refractivity contribution in [2.24, 2.45) is 23.2 Å². The Morgan fingerprint density at radius 1 is 1.04 bits per heavy atom. The summed E-state index contributed by atoms with van der Waals surface area (Å²) in [6, 6.07) is 2.37. The molecule has 2 saturated carbocycles. The van der Waals surface area contributed by atoms with Crippen LogP contribution < -0.4 is 10.6 Å². The summed E-state index contributed by atoms with van der Waals surface area (Å²) in [5.74, 6) is 2.47. The molecule has 2 nitrogen and oxygen atoms in total. The highest BCUT2D eigenvalue weighted by Crippen LogP contribution is 2.40. The summed E-state index contributed by atoms with van der Waals surface area (Å²) in [5.41, 5.74) is 0.377. The van der Waals surface area contributed by atoms with E-state index in [9.17, 15) is 0 Å². The van der Waals surface area contributed by atoms with Crippen LogP contribution in [0.2, 0.25) is 0 Å². The number of hydrogen-bond donors (Lipinski definition) is 2. The molecule has 0 bridgehead atoms. The van der Waals surface area contributed by atoms with Crippen LogP contribution in [0.1, 0.15) is 71.6 Å². The quantitative estimate of drug-likeness (QED) is 0.577. The number of halogens is 1. The van der Waals surface area contributed by atoms with Crippen molar-refractivity contribution in [3.05, 3.63) is 12.2 Å². The molecule has 0 aromatic carbocycles. The lowest BCUT2D eigenvalue weighted by Crippen LogP contribution is -3.02. The fourth-order valence-electron chi connectivity index (χ4n) is 6.30. The number of fused-ring (bicyclic) bond motifs is 2. The maximum atomic E-state index is 6.31. The van der Waals surface area contributed by atoms with Gasteiger partial charge in [-0.1, -0.05) is 32.4 Å². The summed E-state index contributed by atoms with van der Waals surface area (Å²) in [7, 11) is 0. The van der Waals surface area contributed by atoms with Gasteiger partial charge >= 0.3 is 0 Å². The summed E-state index contributed by atoms with van der Waals surface area (Å²) in [4.78, 5) is 0. The van der Waals surface area contributed by atoms with Gasteiger partial charge in [-0.3, -0.25) is 0 Å². The molecule has 0 radical (unpaired) electrons. The van der Waals surface area contributed by atoms with Crippen molar-refractivity contribution in [3.63, 3.8) is 0 Å². The molecule has 0 spiro atoms. The largest absolute Gasteiger partial charge is 0.341 e. The Balaban J connectivity index is 1.46. The SMILES string of the molecule is CC1(C)C=CC2C(C1)[NH2+]C1CCCCC1C2NCC1CCC(Cl)CC1. The van der Waals surface area contributed by atoms with Crippen molar-refractivity contribution in [3.8, 4) is 0 Å². The van der Waals surface area contributed by atoms with Gasteiger partial charge in [0.1, 0.15) is 0 Å². The molecule has 1 heterocycles. The third-order valence-electron chi connectivity index (χ3n) is 7.69. The molecule has 3 aliphatic carbocycles. The van der Waals surface area contributed by atoms with Gasteiger partial charge in [-0.25, -0.2) is 0 Å². The Morgan fingerprint density at radius 3 is 2.60 bits per heavy atom. The maximum absolute atomic E-state index is 6.31. The van der Waals surface area contributed by atoms with E-state index in [2.05, 4.69) is 36.6 Å². The van der Waals surface area contributed by atoms with Crippen LogP contribution in [0, 0.1) is 23.2 Å². The molecule has 3 heteroatoms. The zero-order chi connectivity index (χ0) is 17.4. The van der Waals surface area contributed by atoms with Crippen LogP contribution in [0.4, 0.5) is 0 Å². The topological polar surface area (TPSA) is 28.6 Å². The van der Waals surface area contributed by atoms with Gasteiger partial charge in [0.25, 0.3) is 0 Å². The smallest absolute Gasteiger partial charge is 0.0948 e. The molecule has 1 saturated heterocycles. The van der Waals surface area contributed by atoms with Crippen LogP contribution in [0.25, 0.3) is 0 Å². The van der Waals surface area contributed by atoms with Crippen LogP contribution in [0.15, 0.2) is 12.2 Å². The van der Waals surface area contributed by atoms with E-state index in [0.29, 0.717) is 16.8 Å². The summed E-state index contributed by atoms with van der Waals surface area (Å²) in [6.45, 7) is 6.04. The van der Waals surface area contributed by atoms with Crippen molar-refractivity contribution in [2.45, 2.75) is 95.1 Å². The molecule has 1 aliphatic heterocycles. The lowest BCUT2D eigenvalue weighted by molar-refractivity contribution is -0.747. The average molecular weight is 366 g/mol. The highest BCUT2D eigenvalue weighted by molar-refractivity contribution is 6.20. The molecule has 142 valence electrons. The Hall–Kier alpha value is -0.0500. The van der Waals surface area contributed by atoms with E-state index in [4.69, 9.17) is 11.6 Å². The highest BCUT2D eigenvalue weighted by Gasteiger charge is 2.49. The minimum Gasteiger partial charge on any atom is -0.341 e. The van der Waals surface area contributed by atoms with Crippen LogP contribution in [0.3, 0.4) is 0 Å². The van der Waals surface area contributed by atoms with Crippen LogP contribution >= 0.6 is 11.6 Å². The number of allylic oxidation sites excluding steroid dienone is 1. The minimum atomic E-state index is 0.377. The third-order valence-corrected chi connectivity index (χ3v) is 8.13. The normalized spacial score (nSPS) is 46.3. The summed E-state index contributed by atoms with van der Waals surface area (Å²) in [6.07, 6.45) is 17.3. The fourth-order valence-corrected chi connectivity index (χ4v) is 6.55. The number of rotatable bonds is 3. The van der Waals surface area contributed by atoms with Crippen LogP contribution in [-0.2, 0) is 0 Å². The standard InChI is InChI=1S/C22H37ClN2/c1-22(2)12-11-18-20(13-22)25-19-6-4-3-5-17(19)21(18)24-14-15-7-9-16(23)10-8-15/h11-12,15-21,24-25H,3-10,13-14H2,1-2H3/p+1. The first kappa shape index (κ1) is 18.3.